The molecule has 0 amide bonds. The smallest absolute Gasteiger partial charge is 0.150 e. The molecule has 0 saturated heterocycles. The maximum atomic E-state index is 10.7. The van der Waals surface area contributed by atoms with Gasteiger partial charge in [-0.25, -0.2) is 0 Å². The number of rotatable bonds is 2. The van der Waals surface area contributed by atoms with Crippen LogP contribution in [0.5, 0.6) is 23.0 Å². The van der Waals surface area contributed by atoms with Crippen molar-refractivity contribution in [1.82, 2.24) is 0 Å². The van der Waals surface area contributed by atoms with Crippen molar-refractivity contribution in [3.8, 4) is 23.0 Å². The van der Waals surface area contributed by atoms with Crippen LogP contribution >= 0.6 is 0 Å². The highest BCUT2D eigenvalue weighted by Gasteiger charge is 2.37. The van der Waals surface area contributed by atoms with Gasteiger partial charge in [-0.3, -0.25) is 0 Å². The maximum absolute atomic E-state index is 10.7. The van der Waals surface area contributed by atoms with Crippen LogP contribution in [0, 0.1) is 0 Å². The van der Waals surface area contributed by atoms with Gasteiger partial charge in [0.2, 0.25) is 0 Å². The minimum absolute atomic E-state index is 0.189. The Morgan fingerprint density at radius 2 is 1.88 bits per heavy atom. The van der Waals surface area contributed by atoms with E-state index in [1.807, 2.05) is 6.07 Å². The van der Waals surface area contributed by atoms with E-state index >= 15 is 0 Å². The van der Waals surface area contributed by atoms with Gasteiger partial charge >= 0.3 is 0 Å². The lowest BCUT2D eigenvalue weighted by atomic mass is 9.88. The topological polar surface area (TPSA) is 68.2 Å². The number of methoxy groups -OCH3 is 1. The lowest BCUT2D eigenvalue weighted by Gasteiger charge is -2.38. The molecule has 4 rings (SSSR count). The normalized spacial score (nSPS) is 23.2. The van der Waals surface area contributed by atoms with E-state index in [4.69, 9.17) is 14.2 Å². The number of ether oxygens (including phenoxy) is 3. The Hall–Kier alpha value is -2.40. The first-order valence-corrected chi connectivity index (χ1v) is 8.93. The van der Waals surface area contributed by atoms with Crippen molar-refractivity contribution in [2.45, 2.75) is 50.9 Å². The molecule has 0 spiro atoms. The average Bonchev–Trinajstić information content (AvgIpc) is 2.60. The van der Waals surface area contributed by atoms with Crippen molar-refractivity contribution in [2.24, 2.45) is 0 Å². The van der Waals surface area contributed by atoms with Gasteiger partial charge in [-0.2, -0.15) is 0 Å². The van der Waals surface area contributed by atoms with Crippen LogP contribution in [-0.2, 0) is 12.8 Å². The quantitative estimate of drug-likeness (QED) is 0.861. The van der Waals surface area contributed by atoms with E-state index in [1.54, 1.807) is 31.4 Å². The highest BCUT2D eigenvalue weighted by Crippen LogP contribution is 2.49. The van der Waals surface area contributed by atoms with Crippen molar-refractivity contribution in [1.29, 1.82) is 0 Å². The molecule has 2 aliphatic heterocycles. The molecule has 2 atom stereocenters. The van der Waals surface area contributed by atoms with Crippen molar-refractivity contribution in [2.75, 3.05) is 7.11 Å². The molecule has 2 heterocycles. The first kappa shape index (κ1) is 17.0. The van der Waals surface area contributed by atoms with Crippen LogP contribution in [0.25, 0.3) is 0 Å². The van der Waals surface area contributed by atoms with Gasteiger partial charge in [-0.05, 0) is 44.4 Å². The molecule has 0 bridgehead atoms. The van der Waals surface area contributed by atoms with Crippen LogP contribution in [0.1, 0.15) is 43.1 Å². The number of aliphatic hydroxyl groups is 1. The molecule has 0 radical (unpaired) electrons. The van der Waals surface area contributed by atoms with Crippen LogP contribution in [-0.4, -0.2) is 29.0 Å². The van der Waals surface area contributed by atoms with Gasteiger partial charge < -0.3 is 24.4 Å². The zero-order valence-corrected chi connectivity index (χ0v) is 15.3. The Balaban J connectivity index is 1.78. The summed E-state index contributed by atoms with van der Waals surface area (Å²) in [5.74, 6) is 2.42. The zero-order chi connectivity index (χ0) is 18.5. The highest BCUT2D eigenvalue weighted by atomic mass is 16.5. The first-order chi connectivity index (χ1) is 12.4. The molecule has 26 heavy (non-hydrogen) atoms. The second-order valence-electron chi connectivity index (χ2n) is 7.63. The van der Waals surface area contributed by atoms with E-state index in [1.165, 1.54) is 0 Å². The Morgan fingerprint density at radius 3 is 2.58 bits per heavy atom. The first-order valence-electron chi connectivity index (χ1n) is 8.93. The van der Waals surface area contributed by atoms with Gasteiger partial charge in [0, 0.05) is 23.6 Å². The number of phenols is 1. The SMILES string of the molecule is COc1cc2c(c3c1CC(O)C(c1ccc(O)cc1)O3)CCC(C)(C)O2. The van der Waals surface area contributed by atoms with E-state index < -0.39 is 12.2 Å². The Kier molecular flexibility index (Phi) is 3.99. The summed E-state index contributed by atoms with van der Waals surface area (Å²) in [6, 6.07) is 8.67. The predicted octanol–water partition coefficient (Wildman–Crippen LogP) is 3.54. The molecule has 138 valence electrons. The molecule has 2 unspecified atom stereocenters. The van der Waals surface area contributed by atoms with Crippen LogP contribution < -0.4 is 14.2 Å². The Morgan fingerprint density at radius 1 is 1.15 bits per heavy atom. The summed E-state index contributed by atoms with van der Waals surface area (Å²) in [7, 11) is 1.62. The van der Waals surface area contributed by atoms with E-state index in [0.29, 0.717) is 12.2 Å². The Labute approximate surface area is 153 Å². The molecule has 5 heteroatoms. The average molecular weight is 356 g/mol. The second kappa shape index (κ2) is 6.09. The summed E-state index contributed by atoms with van der Waals surface area (Å²) in [6.07, 6.45) is 1.01. The van der Waals surface area contributed by atoms with Crippen molar-refractivity contribution in [3.63, 3.8) is 0 Å². The number of aliphatic hydroxyl groups excluding tert-OH is 1. The number of benzene rings is 2. The molecule has 0 saturated carbocycles. The molecular weight excluding hydrogens is 332 g/mol. The van der Waals surface area contributed by atoms with E-state index in [-0.39, 0.29) is 11.4 Å². The molecule has 2 N–H and O–H groups in total. The van der Waals surface area contributed by atoms with Crippen LogP contribution in [0.4, 0.5) is 0 Å². The molecule has 0 aromatic heterocycles. The van der Waals surface area contributed by atoms with Gasteiger partial charge in [-0.1, -0.05) is 12.1 Å². The third kappa shape index (κ3) is 2.86. The standard InChI is InChI=1S/C21H24O5/c1-21(2)9-8-14-18(26-21)11-17(24-3)15-10-16(23)19(25-20(14)15)12-4-6-13(22)7-5-12/h4-7,11,16,19,22-23H,8-10H2,1-3H3. The molecular formula is C21H24O5. The fourth-order valence-electron chi connectivity index (χ4n) is 3.80. The van der Waals surface area contributed by atoms with Crippen LogP contribution in [0.3, 0.4) is 0 Å². The fraction of sp³-hybridized carbons (Fsp3) is 0.429. The predicted molar refractivity (Wildman–Crippen MR) is 97.2 cm³/mol. The number of fused-ring (bicyclic) bond motifs is 3. The summed E-state index contributed by atoms with van der Waals surface area (Å²) in [4.78, 5) is 0. The number of phenolic OH excluding ortho intramolecular Hbond substituents is 1. The maximum Gasteiger partial charge on any atom is 0.150 e. The summed E-state index contributed by atoms with van der Waals surface area (Å²) in [6.45, 7) is 4.15. The molecule has 5 nitrogen and oxygen atoms in total. The fourth-order valence-corrected chi connectivity index (χ4v) is 3.80. The van der Waals surface area contributed by atoms with E-state index in [2.05, 4.69) is 13.8 Å². The summed E-state index contributed by atoms with van der Waals surface area (Å²) < 4.78 is 18.0. The minimum Gasteiger partial charge on any atom is -0.508 e. The summed E-state index contributed by atoms with van der Waals surface area (Å²) in [5, 5.41) is 20.2. The van der Waals surface area contributed by atoms with E-state index in [0.717, 1.165) is 41.0 Å². The molecule has 2 aromatic rings. The van der Waals surface area contributed by atoms with Gasteiger partial charge in [0.15, 0.2) is 0 Å². The van der Waals surface area contributed by atoms with Crippen molar-refractivity contribution in [3.05, 3.63) is 47.0 Å². The lowest BCUT2D eigenvalue weighted by molar-refractivity contribution is 0.0166. The van der Waals surface area contributed by atoms with Gasteiger partial charge in [0.05, 0.1) is 13.2 Å². The summed E-state index contributed by atoms with van der Waals surface area (Å²) in [5.41, 5.74) is 2.53. The lowest BCUT2D eigenvalue weighted by Crippen LogP contribution is -2.35. The van der Waals surface area contributed by atoms with Gasteiger partial charge in [0.25, 0.3) is 0 Å². The molecule has 0 aliphatic carbocycles. The second-order valence-corrected chi connectivity index (χ2v) is 7.63. The zero-order valence-electron chi connectivity index (χ0n) is 15.3. The van der Waals surface area contributed by atoms with E-state index in [9.17, 15) is 10.2 Å². The molecule has 2 aromatic carbocycles. The van der Waals surface area contributed by atoms with Crippen LogP contribution in [0.15, 0.2) is 30.3 Å². The number of hydrogen-bond acceptors (Lipinski definition) is 5. The van der Waals surface area contributed by atoms with Crippen LogP contribution in [0.2, 0.25) is 0 Å². The molecule has 2 aliphatic rings. The van der Waals surface area contributed by atoms with Gasteiger partial charge in [0.1, 0.15) is 34.7 Å². The highest BCUT2D eigenvalue weighted by molar-refractivity contribution is 5.59. The third-order valence-electron chi connectivity index (χ3n) is 5.22. The largest absolute Gasteiger partial charge is 0.508 e. The Bertz CT molecular complexity index is 825. The van der Waals surface area contributed by atoms with Gasteiger partial charge in [-0.15, -0.1) is 0 Å². The summed E-state index contributed by atoms with van der Waals surface area (Å²) >= 11 is 0. The number of hydrogen-bond donors (Lipinski definition) is 2. The third-order valence-corrected chi connectivity index (χ3v) is 5.22. The number of aromatic hydroxyl groups is 1. The van der Waals surface area contributed by atoms with Crippen molar-refractivity contribution < 1.29 is 24.4 Å². The minimum atomic E-state index is -0.694. The monoisotopic (exact) mass is 356 g/mol. The van der Waals surface area contributed by atoms with Crippen molar-refractivity contribution >= 4 is 0 Å². The molecule has 0 fully saturated rings.